The molecule has 0 saturated heterocycles. The molecule has 1 amide bonds. The molecule has 9 heteroatoms. The van der Waals surface area contributed by atoms with Gasteiger partial charge in [-0.3, -0.25) is 4.79 Å². The second-order valence-corrected chi connectivity index (χ2v) is 8.82. The van der Waals surface area contributed by atoms with Crippen molar-refractivity contribution in [1.29, 1.82) is 0 Å². The Morgan fingerprint density at radius 3 is 2.52 bits per heavy atom. The Kier molecular flexibility index (Phi) is 4.83. The van der Waals surface area contributed by atoms with Gasteiger partial charge in [-0.05, 0) is 43.3 Å². The Morgan fingerprint density at radius 1 is 1.14 bits per heavy atom. The fourth-order valence-electron chi connectivity index (χ4n) is 3.12. The highest BCUT2D eigenvalue weighted by Gasteiger charge is 2.33. The summed E-state index contributed by atoms with van der Waals surface area (Å²) in [5.41, 5.74) is 1.32. The monoisotopic (exact) mass is 415 g/mol. The minimum atomic E-state index is -3.31. The molecule has 0 spiro atoms. The summed E-state index contributed by atoms with van der Waals surface area (Å²) in [7, 11) is -3.31. The average molecular weight is 415 g/mol. The van der Waals surface area contributed by atoms with Crippen LogP contribution in [0.5, 0.6) is 5.75 Å². The molecule has 0 unspecified atom stereocenters. The van der Waals surface area contributed by atoms with Crippen molar-refractivity contribution in [2.75, 3.05) is 5.32 Å². The van der Waals surface area contributed by atoms with Crippen LogP contribution < -0.4 is 10.1 Å². The van der Waals surface area contributed by atoms with Gasteiger partial charge in [0, 0.05) is 5.56 Å². The molecule has 2 aromatic carbocycles. The first-order valence-electron chi connectivity index (χ1n) is 8.92. The molecule has 150 valence electrons. The molecule has 1 aliphatic heterocycles. The summed E-state index contributed by atoms with van der Waals surface area (Å²) >= 11 is 0. The second-order valence-electron chi connectivity index (χ2n) is 6.76. The van der Waals surface area contributed by atoms with Crippen LogP contribution in [0.1, 0.15) is 18.2 Å². The van der Waals surface area contributed by atoms with Crippen molar-refractivity contribution >= 4 is 21.6 Å². The van der Waals surface area contributed by atoms with Gasteiger partial charge in [0.25, 0.3) is 5.91 Å². The van der Waals surface area contributed by atoms with E-state index in [4.69, 9.17) is 4.74 Å². The van der Waals surface area contributed by atoms with Crippen LogP contribution in [-0.4, -0.2) is 30.2 Å². The van der Waals surface area contributed by atoms with Crippen LogP contribution in [0.25, 0.3) is 5.69 Å². The summed E-state index contributed by atoms with van der Waals surface area (Å²) in [5.74, 6) is -0.491. The molecule has 1 aliphatic rings. The van der Waals surface area contributed by atoms with Crippen molar-refractivity contribution < 1.29 is 22.3 Å². The van der Waals surface area contributed by atoms with Crippen molar-refractivity contribution in [2.24, 2.45) is 0 Å². The number of carbonyl (C=O) groups excluding carboxylic acids is 1. The van der Waals surface area contributed by atoms with Gasteiger partial charge < -0.3 is 10.1 Å². The van der Waals surface area contributed by atoms with Gasteiger partial charge in [0.15, 0.2) is 15.9 Å². The molecule has 2 heterocycles. The summed E-state index contributed by atoms with van der Waals surface area (Å²) in [6.45, 7) is 1.60. The van der Waals surface area contributed by atoms with E-state index < -0.39 is 27.7 Å². The molecule has 0 aliphatic carbocycles. The van der Waals surface area contributed by atoms with Gasteiger partial charge in [0.05, 0.1) is 22.9 Å². The largest absolute Gasteiger partial charge is 0.481 e. The lowest BCUT2D eigenvalue weighted by Gasteiger charge is -2.16. The van der Waals surface area contributed by atoms with Gasteiger partial charge in [0.1, 0.15) is 17.4 Å². The molecule has 29 heavy (non-hydrogen) atoms. The third kappa shape index (κ3) is 4.00. The zero-order chi connectivity index (χ0) is 20.6. The van der Waals surface area contributed by atoms with Crippen LogP contribution in [0.4, 0.5) is 10.2 Å². The first-order valence-corrected chi connectivity index (χ1v) is 10.7. The number of para-hydroxylation sites is 1. The minimum Gasteiger partial charge on any atom is -0.481 e. The van der Waals surface area contributed by atoms with Crippen LogP contribution in [0, 0.1) is 5.82 Å². The molecule has 1 N–H and O–H groups in total. The summed E-state index contributed by atoms with van der Waals surface area (Å²) in [6, 6.07) is 14.4. The van der Waals surface area contributed by atoms with E-state index in [0.717, 1.165) is 0 Å². The molecule has 3 aromatic rings. The molecule has 1 atom stereocenters. The predicted molar refractivity (Wildman–Crippen MR) is 105 cm³/mol. The first kappa shape index (κ1) is 19.1. The van der Waals surface area contributed by atoms with Crippen molar-refractivity contribution in [3.05, 3.63) is 71.7 Å². The summed E-state index contributed by atoms with van der Waals surface area (Å²) in [5, 5.41) is 7.08. The molecule has 0 saturated carbocycles. The summed E-state index contributed by atoms with van der Waals surface area (Å²) in [6.07, 6.45) is -0.831. The van der Waals surface area contributed by atoms with Crippen molar-refractivity contribution in [2.45, 2.75) is 24.5 Å². The number of ether oxygens (including phenoxy) is 1. The number of benzene rings is 2. The third-order valence-electron chi connectivity index (χ3n) is 4.53. The number of amides is 1. The Morgan fingerprint density at radius 2 is 1.83 bits per heavy atom. The van der Waals surface area contributed by atoms with E-state index >= 15 is 0 Å². The van der Waals surface area contributed by atoms with Gasteiger partial charge in [0.2, 0.25) is 0 Å². The maximum Gasteiger partial charge on any atom is 0.266 e. The number of hydrogen-bond acceptors (Lipinski definition) is 5. The zero-order valence-corrected chi connectivity index (χ0v) is 16.3. The quantitative estimate of drug-likeness (QED) is 0.692. The highest BCUT2D eigenvalue weighted by Crippen LogP contribution is 2.33. The lowest BCUT2D eigenvalue weighted by atomic mass is 10.2. The standard InChI is InChI=1S/C20H18FN3O4S/c1-13(28-16-5-3-2-4-6-16)20(25)22-19-17-11-29(26,27)12-18(17)23-24(19)15-9-7-14(21)8-10-15/h2-10,13H,11-12H2,1H3,(H,22,25)/t13-/m1/s1. The van der Waals surface area contributed by atoms with Gasteiger partial charge in [-0.25, -0.2) is 17.5 Å². The molecule has 1 aromatic heterocycles. The van der Waals surface area contributed by atoms with Crippen LogP contribution in [0.3, 0.4) is 0 Å². The molecule has 0 radical (unpaired) electrons. The number of anilines is 1. The third-order valence-corrected chi connectivity index (χ3v) is 5.97. The Bertz CT molecular complexity index is 1160. The Hall–Kier alpha value is -3.20. The Balaban J connectivity index is 1.65. The number of nitrogens with one attached hydrogen (secondary N) is 1. The maximum absolute atomic E-state index is 13.3. The minimum absolute atomic E-state index is 0.199. The number of carbonyl (C=O) groups is 1. The van der Waals surface area contributed by atoms with Gasteiger partial charge >= 0.3 is 0 Å². The summed E-state index contributed by atoms with van der Waals surface area (Å²) in [4.78, 5) is 12.7. The van der Waals surface area contributed by atoms with E-state index in [-0.39, 0.29) is 17.3 Å². The van der Waals surface area contributed by atoms with Gasteiger partial charge in [-0.1, -0.05) is 18.2 Å². The maximum atomic E-state index is 13.3. The number of sulfone groups is 1. The smallest absolute Gasteiger partial charge is 0.266 e. The molecule has 7 nitrogen and oxygen atoms in total. The van der Waals surface area contributed by atoms with E-state index in [0.29, 0.717) is 22.7 Å². The fourth-order valence-corrected chi connectivity index (χ4v) is 4.61. The lowest BCUT2D eigenvalue weighted by Crippen LogP contribution is -2.31. The fraction of sp³-hybridized carbons (Fsp3) is 0.200. The van der Waals surface area contributed by atoms with E-state index in [1.54, 1.807) is 31.2 Å². The van der Waals surface area contributed by atoms with E-state index in [1.165, 1.54) is 28.9 Å². The molecule has 0 fully saturated rings. The van der Waals surface area contributed by atoms with E-state index in [9.17, 15) is 17.6 Å². The summed E-state index contributed by atoms with van der Waals surface area (Å²) < 4.78 is 44.4. The van der Waals surface area contributed by atoms with Crippen LogP contribution >= 0.6 is 0 Å². The molecular weight excluding hydrogens is 397 g/mol. The first-order chi connectivity index (χ1) is 13.8. The lowest BCUT2D eigenvalue weighted by molar-refractivity contribution is -0.122. The predicted octanol–water partition coefficient (Wildman–Crippen LogP) is 2.85. The van der Waals surface area contributed by atoms with Crippen LogP contribution in [0.15, 0.2) is 54.6 Å². The molecular formula is C20H18FN3O4S. The topological polar surface area (TPSA) is 90.3 Å². The number of fused-ring (bicyclic) bond motifs is 1. The second kappa shape index (κ2) is 7.32. The Labute approximate surface area is 167 Å². The van der Waals surface area contributed by atoms with Crippen LogP contribution in [-0.2, 0) is 26.1 Å². The van der Waals surface area contributed by atoms with Crippen molar-refractivity contribution in [3.63, 3.8) is 0 Å². The highest BCUT2D eigenvalue weighted by molar-refractivity contribution is 7.90. The number of halogens is 1. The van der Waals surface area contributed by atoms with Crippen molar-refractivity contribution in [3.8, 4) is 11.4 Å². The normalized spacial score (nSPS) is 15.5. The van der Waals surface area contributed by atoms with Crippen LogP contribution in [0.2, 0.25) is 0 Å². The number of nitrogens with zero attached hydrogens (tertiary/aromatic N) is 2. The number of hydrogen-bond donors (Lipinski definition) is 1. The molecule has 4 rings (SSSR count). The van der Waals surface area contributed by atoms with Gasteiger partial charge in [-0.15, -0.1) is 0 Å². The molecule has 0 bridgehead atoms. The van der Waals surface area contributed by atoms with Crippen molar-refractivity contribution in [1.82, 2.24) is 9.78 Å². The van der Waals surface area contributed by atoms with Gasteiger partial charge in [-0.2, -0.15) is 5.10 Å². The van der Waals surface area contributed by atoms with E-state index in [2.05, 4.69) is 10.4 Å². The SMILES string of the molecule is C[C@@H](Oc1ccccc1)C(=O)Nc1c2c(nn1-c1ccc(F)cc1)CS(=O)(=O)C2. The number of rotatable bonds is 5. The highest BCUT2D eigenvalue weighted by atomic mass is 32.2. The average Bonchev–Trinajstić information content (AvgIpc) is 3.15. The number of aromatic nitrogens is 2. The van der Waals surface area contributed by atoms with E-state index in [1.807, 2.05) is 6.07 Å². The zero-order valence-electron chi connectivity index (χ0n) is 15.5.